The van der Waals surface area contributed by atoms with Gasteiger partial charge in [-0.1, -0.05) is 0 Å². The van der Waals surface area contributed by atoms with Gasteiger partial charge in [0.1, 0.15) is 0 Å². The predicted octanol–water partition coefficient (Wildman–Crippen LogP) is -0.662. The molecule has 0 radical (unpaired) electrons. The lowest BCUT2D eigenvalue weighted by molar-refractivity contribution is -0.117. The van der Waals surface area contributed by atoms with Crippen LogP contribution in [0, 0.1) is 0 Å². The summed E-state index contributed by atoms with van der Waals surface area (Å²) < 4.78 is 26.8. The van der Waals surface area contributed by atoms with Gasteiger partial charge in [-0.25, -0.2) is 8.42 Å². The second-order valence-corrected chi connectivity index (χ2v) is 6.59. The molecule has 0 bridgehead atoms. The summed E-state index contributed by atoms with van der Waals surface area (Å²) in [5.74, 6) is -0.187. The van der Waals surface area contributed by atoms with E-state index in [4.69, 9.17) is 5.73 Å². The van der Waals surface area contributed by atoms with E-state index >= 15 is 0 Å². The number of sulfonamides is 1. The third kappa shape index (κ3) is 3.45. The molecular formula is C12H18N4O3S. The largest absolute Gasteiger partial charge is 0.352 e. The van der Waals surface area contributed by atoms with Crippen molar-refractivity contribution in [1.82, 2.24) is 10.2 Å². The molecule has 1 atom stereocenters. The molecule has 0 saturated heterocycles. The highest BCUT2D eigenvalue weighted by Gasteiger charge is 2.29. The molecule has 1 unspecified atom stereocenters. The van der Waals surface area contributed by atoms with Crippen molar-refractivity contribution in [3.63, 3.8) is 0 Å². The lowest BCUT2D eigenvalue weighted by atomic mass is 10.1. The van der Waals surface area contributed by atoms with Gasteiger partial charge >= 0.3 is 0 Å². The van der Waals surface area contributed by atoms with Crippen LogP contribution in [0.2, 0.25) is 0 Å². The summed E-state index contributed by atoms with van der Waals surface area (Å²) in [6.07, 6.45) is 5.64. The van der Waals surface area contributed by atoms with E-state index < -0.39 is 10.0 Å². The first-order valence-electron chi connectivity index (χ1n) is 6.41. The van der Waals surface area contributed by atoms with Crippen LogP contribution in [0.5, 0.6) is 0 Å². The van der Waals surface area contributed by atoms with Gasteiger partial charge in [-0.15, -0.1) is 4.40 Å². The van der Waals surface area contributed by atoms with Gasteiger partial charge in [0.05, 0.1) is 11.3 Å². The topological polar surface area (TPSA) is 105 Å². The maximum absolute atomic E-state index is 12.1. The highest BCUT2D eigenvalue weighted by atomic mass is 32.2. The molecule has 2 rings (SSSR count). The Morgan fingerprint density at radius 2 is 2.35 bits per heavy atom. The van der Waals surface area contributed by atoms with Crippen molar-refractivity contribution in [3.05, 3.63) is 23.9 Å². The Morgan fingerprint density at radius 1 is 1.60 bits per heavy atom. The summed E-state index contributed by atoms with van der Waals surface area (Å²) in [6.45, 7) is 2.61. The fraction of sp³-hybridized carbons (Fsp3) is 0.500. The first-order chi connectivity index (χ1) is 9.39. The Balaban J connectivity index is 2.14. The van der Waals surface area contributed by atoms with E-state index in [0.717, 1.165) is 0 Å². The molecule has 2 heterocycles. The fourth-order valence-electron chi connectivity index (χ4n) is 1.90. The number of nitrogens with zero attached hydrogens (tertiary/aromatic N) is 2. The van der Waals surface area contributed by atoms with Crippen molar-refractivity contribution in [2.45, 2.75) is 19.4 Å². The standard InChI is InChI=1S/C12H18N4O3S/c1-9(13)4-5-14-12(17)10-3-2-6-16-7-8-20(18,19)15-11(10)16/h2-3,6,9H,4-5,7-8,13H2,1H3,(H,14,17). The molecule has 0 aromatic heterocycles. The molecule has 3 N–H and O–H groups in total. The van der Waals surface area contributed by atoms with Gasteiger partial charge in [-0.05, 0) is 25.5 Å². The maximum Gasteiger partial charge on any atom is 0.256 e. The number of nitrogens with one attached hydrogen (secondary N) is 1. The van der Waals surface area contributed by atoms with E-state index in [1.165, 1.54) is 0 Å². The average Bonchev–Trinajstić information content (AvgIpc) is 2.36. The van der Waals surface area contributed by atoms with Crippen LogP contribution >= 0.6 is 0 Å². The molecule has 0 aromatic carbocycles. The van der Waals surface area contributed by atoms with E-state index in [0.29, 0.717) is 19.5 Å². The van der Waals surface area contributed by atoms with Crippen molar-refractivity contribution in [2.75, 3.05) is 18.8 Å². The van der Waals surface area contributed by atoms with Gasteiger partial charge in [0.15, 0.2) is 5.84 Å². The summed E-state index contributed by atoms with van der Waals surface area (Å²) >= 11 is 0. The fourth-order valence-corrected chi connectivity index (χ4v) is 2.89. The molecule has 1 amide bonds. The number of amides is 1. The maximum atomic E-state index is 12.1. The predicted molar refractivity (Wildman–Crippen MR) is 76.4 cm³/mol. The quantitative estimate of drug-likeness (QED) is 0.716. The van der Waals surface area contributed by atoms with Crippen molar-refractivity contribution >= 4 is 21.8 Å². The van der Waals surface area contributed by atoms with Crippen LogP contribution in [-0.4, -0.2) is 49.9 Å². The molecule has 2 aliphatic rings. The molecule has 7 nitrogen and oxygen atoms in total. The van der Waals surface area contributed by atoms with Crippen LogP contribution in [0.25, 0.3) is 0 Å². The molecular weight excluding hydrogens is 280 g/mol. The molecule has 2 aliphatic heterocycles. The Kier molecular flexibility index (Phi) is 4.24. The third-order valence-electron chi connectivity index (χ3n) is 2.99. The van der Waals surface area contributed by atoms with Crippen LogP contribution in [0.1, 0.15) is 13.3 Å². The molecule has 0 aliphatic carbocycles. The number of hydrogen-bond donors (Lipinski definition) is 2. The minimum Gasteiger partial charge on any atom is -0.352 e. The minimum atomic E-state index is -3.48. The Morgan fingerprint density at radius 3 is 3.05 bits per heavy atom. The molecule has 110 valence electrons. The lowest BCUT2D eigenvalue weighted by Gasteiger charge is -2.28. The smallest absolute Gasteiger partial charge is 0.256 e. The third-order valence-corrected chi connectivity index (χ3v) is 4.14. The number of rotatable bonds is 4. The molecule has 0 aromatic rings. The molecule has 8 heteroatoms. The second kappa shape index (κ2) is 5.76. The van der Waals surface area contributed by atoms with E-state index in [-0.39, 0.29) is 29.1 Å². The number of carbonyl (C=O) groups is 1. The number of allylic oxidation sites excluding steroid dienone is 2. The first-order valence-corrected chi connectivity index (χ1v) is 8.02. The normalized spacial score (nSPS) is 21.6. The van der Waals surface area contributed by atoms with E-state index in [2.05, 4.69) is 9.71 Å². The lowest BCUT2D eigenvalue weighted by Crippen LogP contribution is -2.42. The zero-order chi connectivity index (χ0) is 14.8. The van der Waals surface area contributed by atoms with Crippen LogP contribution in [0.4, 0.5) is 0 Å². The van der Waals surface area contributed by atoms with E-state index in [1.54, 1.807) is 23.3 Å². The van der Waals surface area contributed by atoms with Crippen LogP contribution in [0.15, 0.2) is 28.3 Å². The van der Waals surface area contributed by atoms with Crippen molar-refractivity contribution < 1.29 is 13.2 Å². The number of hydrogen-bond acceptors (Lipinski definition) is 5. The van der Waals surface area contributed by atoms with Crippen molar-refractivity contribution in [1.29, 1.82) is 0 Å². The van der Waals surface area contributed by atoms with E-state index in [1.807, 2.05) is 6.92 Å². The van der Waals surface area contributed by atoms with Crippen LogP contribution in [-0.2, 0) is 14.8 Å². The molecule has 20 heavy (non-hydrogen) atoms. The SMILES string of the molecule is CC(N)CCNC(=O)C1=CC=CN2CCS(=O)(=O)N=C12. The van der Waals surface area contributed by atoms with Gasteiger partial charge in [0, 0.05) is 25.3 Å². The monoisotopic (exact) mass is 298 g/mol. The summed E-state index contributed by atoms with van der Waals surface area (Å²) in [6, 6.07) is -0.000529. The van der Waals surface area contributed by atoms with Crippen molar-refractivity contribution in [3.8, 4) is 0 Å². The van der Waals surface area contributed by atoms with Crippen LogP contribution < -0.4 is 11.1 Å². The van der Waals surface area contributed by atoms with Gasteiger partial charge < -0.3 is 16.0 Å². The zero-order valence-corrected chi connectivity index (χ0v) is 12.1. The summed E-state index contributed by atoms with van der Waals surface area (Å²) in [7, 11) is -3.48. The number of nitrogens with two attached hydrogens (primary N) is 1. The number of amidine groups is 1. The van der Waals surface area contributed by atoms with Gasteiger partial charge in [0.25, 0.3) is 15.9 Å². The summed E-state index contributed by atoms with van der Waals surface area (Å²) in [4.78, 5) is 13.8. The summed E-state index contributed by atoms with van der Waals surface area (Å²) in [5, 5.41) is 2.72. The number of carbonyl (C=O) groups excluding carboxylic acids is 1. The highest BCUT2D eigenvalue weighted by molar-refractivity contribution is 7.90. The van der Waals surface area contributed by atoms with E-state index in [9.17, 15) is 13.2 Å². The Bertz CT molecular complexity index is 590. The molecule has 0 saturated carbocycles. The Labute approximate surface area is 118 Å². The Hall–Kier alpha value is -1.67. The second-order valence-electron chi connectivity index (χ2n) is 4.84. The first kappa shape index (κ1) is 14.7. The zero-order valence-electron chi connectivity index (χ0n) is 11.2. The average molecular weight is 298 g/mol. The van der Waals surface area contributed by atoms with Crippen LogP contribution in [0.3, 0.4) is 0 Å². The van der Waals surface area contributed by atoms with Gasteiger partial charge in [0.2, 0.25) is 0 Å². The number of fused-ring (bicyclic) bond motifs is 1. The minimum absolute atomic E-state index is 0.000529. The van der Waals surface area contributed by atoms with Crippen molar-refractivity contribution in [2.24, 2.45) is 10.1 Å². The van der Waals surface area contributed by atoms with Gasteiger partial charge in [-0.2, -0.15) is 0 Å². The molecule has 0 fully saturated rings. The van der Waals surface area contributed by atoms with Gasteiger partial charge in [-0.3, -0.25) is 4.79 Å². The highest BCUT2D eigenvalue weighted by Crippen LogP contribution is 2.17. The summed E-state index contributed by atoms with van der Waals surface area (Å²) in [5.41, 5.74) is 5.87. The molecule has 0 spiro atoms.